The van der Waals surface area contributed by atoms with Gasteiger partial charge in [-0.05, 0) is 12.5 Å². The van der Waals surface area contributed by atoms with E-state index in [1.54, 1.807) is 0 Å². The van der Waals surface area contributed by atoms with Crippen LogP contribution in [0.5, 0.6) is 5.75 Å². The van der Waals surface area contributed by atoms with Gasteiger partial charge < -0.3 is 9.53 Å². The smallest absolute Gasteiger partial charge is 0.124 e. The summed E-state index contributed by atoms with van der Waals surface area (Å²) in [5.74, 6) is 0.868. The van der Waals surface area contributed by atoms with Crippen LogP contribution in [0.3, 0.4) is 0 Å². The number of para-hydroxylation sites is 1. The molecule has 24 heavy (non-hydrogen) atoms. The number of carbonyl (C=O) groups excluding carboxylic acids is 1. The van der Waals surface area contributed by atoms with E-state index in [1.165, 1.54) is 70.6 Å². The average Bonchev–Trinajstić information content (AvgIpc) is 2.60. The second-order valence-electron chi connectivity index (χ2n) is 6.72. The number of hydrogen-bond donors (Lipinski definition) is 0. The molecule has 0 saturated carbocycles. The zero-order chi connectivity index (χ0) is 17.3. The lowest BCUT2D eigenvalue weighted by molar-refractivity contribution is -0.107. The Labute approximate surface area is 149 Å². The maximum Gasteiger partial charge on any atom is 0.124 e. The van der Waals surface area contributed by atoms with Crippen LogP contribution in [-0.2, 0) is 11.2 Å². The van der Waals surface area contributed by atoms with Crippen molar-refractivity contribution in [1.29, 1.82) is 0 Å². The number of ether oxygens (including phenoxy) is 1. The quantitative estimate of drug-likeness (QED) is 0.255. The standard InChI is InChI=1S/C22H36O2/c1-2-3-4-5-6-7-8-9-10-11-12-15-20-24-22-17-14-13-16-21(22)18-19-23/h13-14,16-17,19H,2-12,15,18,20H2,1H3. The van der Waals surface area contributed by atoms with Crippen molar-refractivity contribution in [3.05, 3.63) is 29.8 Å². The van der Waals surface area contributed by atoms with E-state index in [0.29, 0.717) is 6.42 Å². The molecule has 0 heterocycles. The largest absolute Gasteiger partial charge is 0.493 e. The van der Waals surface area contributed by atoms with Gasteiger partial charge in [0.25, 0.3) is 0 Å². The summed E-state index contributed by atoms with van der Waals surface area (Å²) in [5.41, 5.74) is 0.992. The molecule has 0 spiro atoms. The Bertz CT molecular complexity index is 414. The molecule has 0 atom stereocenters. The maximum atomic E-state index is 10.7. The number of aldehydes is 1. The molecule has 0 amide bonds. The van der Waals surface area contributed by atoms with Gasteiger partial charge in [-0.25, -0.2) is 0 Å². The third kappa shape index (κ3) is 10.5. The molecule has 2 nitrogen and oxygen atoms in total. The molecular formula is C22H36O2. The van der Waals surface area contributed by atoms with Crippen LogP contribution in [0, 0.1) is 0 Å². The van der Waals surface area contributed by atoms with E-state index >= 15 is 0 Å². The molecule has 0 radical (unpaired) electrons. The van der Waals surface area contributed by atoms with Gasteiger partial charge in [0, 0.05) is 12.0 Å². The average molecular weight is 333 g/mol. The predicted molar refractivity (Wildman–Crippen MR) is 103 cm³/mol. The second-order valence-corrected chi connectivity index (χ2v) is 6.72. The Balaban J connectivity index is 1.91. The Morgan fingerprint density at radius 1 is 0.792 bits per heavy atom. The van der Waals surface area contributed by atoms with Gasteiger partial charge in [-0.2, -0.15) is 0 Å². The number of unbranched alkanes of at least 4 members (excludes halogenated alkanes) is 11. The third-order valence-corrected chi connectivity index (χ3v) is 4.53. The van der Waals surface area contributed by atoms with Crippen LogP contribution in [-0.4, -0.2) is 12.9 Å². The number of carbonyl (C=O) groups is 1. The molecule has 0 N–H and O–H groups in total. The molecular weight excluding hydrogens is 296 g/mol. The van der Waals surface area contributed by atoms with Crippen LogP contribution in [0.15, 0.2) is 24.3 Å². The van der Waals surface area contributed by atoms with Crippen molar-refractivity contribution >= 4 is 6.29 Å². The highest BCUT2D eigenvalue weighted by Crippen LogP contribution is 2.18. The minimum Gasteiger partial charge on any atom is -0.493 e. The Morgan fingerprint density at radius 2 is 1.33 bits per heavy atom. The lowest BCUT2D eigenvalue weighted by atomic mass is 10.1. The van der Waals surface area contributed by atoms with Crippen LogP contribution >= 0.6 is 0 Å². The normalized spacial score (nSPS) is 10.7. The molecule has 0 unspecified atom stereocenters. The lowest BCUT2D eigenvalue weighted by Crippen LogP contribution is -2.00. The van der Waals surface area contributed by atoms with E-state index in [1.807, 2.05) is 24.3 Å². The maximum absolute atomic E-state index is 10.7. The lowest BCUT2D eigenvalue weighted by Gasteiger charge is -2.09. The summed E-state index contributed by atoms with van der Waals surface area (Å²) >= 11 is 0. The van der Waals surface area contributed by atoms with Crippen molar-refractivity contribution in [3.63, 3.8) is 0 Å². The summed E-state index contributed by atoms with van der Waals surface area (Å²) in [6.07, 6.45) is 17.6. The van der Waals surface area contributed by atoms with E-state index in [2.05, 4.69) is 6.92 Å². The highest BCUT2D eigenvalue weighted by Gasteiger charge is 2.01. The van der Waals surface area contributed by atoms with Crippen molar-refractivity contribution in [1.82, 2.24) is 0 Å². The fourth-order valence-corrected chi connectivity index (χ4v) is 3.03. The minimum atomic E-state index is 0.439. The van der Waals surface area contributed by atoms with Crippen LogP contribution in [0.1, 0.15) is 89.5 Å². The summed E-state index contributed by atoms with van der Waals surface area (Å²) in [6, 6.07) is 7.84. The third-order valence-electron chi connectivity index (χ3n) is 4.53. The van der Waals surface area contributed by atoms with Crippen LogP contribution in [0.2, 0.25) is 0 Å². The summed E-state index contributed by atoms with van der Waals surface area (Å²) in [4.78, 5) is 10.7. The first kappa shape index (κ1) is 20.7. The summed E-state index contributed by atoms with van der Waals surface area (Å²) in [7, 11) is 0. The van der Waals surface area contributed by atoms with Gasteiger partial charge in [-0.1, -0.05) is 95.8 Å². The Morgan fingerprint density at radius 3 is 1.92 bits per heavy atom. The molecule has 136 valence electrons. The number of hydrogen-bond acceptors (Lipinski definition) is 2. The van der Waals surface area contributed by atoms with E-state index in [0.717, 1.165) is 30.6 Å². The molecule has 0 aliphatic heterocycles. The van der Waals surface area contributed by atoms with Crippen molar-refractivity contribution in [2.45, 2.75) is 90.4 Å². The van der Waals surface area contributed by atoms with Crippen molar-refractivity contribution in [2.75, 3.05) is 6.61 Å². The van der Waals surface area contributed by atoms with E-state index in [9.17, 15) is 4.79 Å². The van der Waals surface area contributed by atoms with Gasteiger partial charge in [-0.3, -0.25) is 0 Å². The number of rotatable bonds is 16. The monoisotopic (exact) mass is 332 g/mol. The molecule has 0 fully saturated rings. The first-order valence-electron chi connectivity index (χ1n) is 10.0. The Kier molecular flexibility index (Phi) is 13.2. The minimum absolute atomic E-state index is 0.439. The van der Waals surface area contributed by atoms with Crippen LogP contribution in [0.25, 0.3) is 0 Å². The van der Waals surface area contributed by atoms with Gasteiger partial charge in [-0.15, -0.1) is 0 Å². The van der Waals surface area contributed by atoms with Gasteiger partial charge in [0.1, 0.15) is 12.0 Å². The predicted octanol–water partition coefficient (Wildman–Crippen LogP) is 6.51. The van der Waals surface area contributed by atoms with E-state index in [4.69, 9.17) is 4.74 Å². The first-order valence-corrected chi connectivity index (χ1v) is 10.0. The molecule has 2 heteroatoms. The molecule has 0 bridgehead atoms. The van der Waals surface area contributed by atoms with E-state index < -0.39 is 0 Å². The van der Waals surface area contributed by atoms with E-state index in [-0.39, 0.29) is 0 Å². The van der Waals surface area contributed by atoms with Crippen LogP contribution in [0.4, 0.5) is 0 Å². The Hall–Kier alpha value is -1.31. The fraction of sp³-hybridized carbons (Fsp3) is 0.682. The van der Waals surface area contributed by atoms with Crippen LogP contribution < -0.4 is 4.74 Å². The van der Waals surface area contributed by atoms with Gasteiger partial charge >= 0.3 is 0 Å². The molecule has 1 rings (SSSR count). The van der Waals surface area contributed by atoms with Gasteiger partial charge in [0.15, 0.2) is 0 Å². The summed E-state index contributed by atoms with van der Waals surface area (Å²) in [5, 5.41) is 0. The molecule has 0 aliphatic rings. The summed E-state index contributed by atoms with van der Waals surface area (Å²) < 4.78 is 5.82. The fourth-order valence-electron chi connectivity index (χ4n) is 3.03. The first-order chi connectivity index (χ1) is 11.9. The molecule has 1 aromatic rings. The SMILES string of the molecule is CCCCCCCCCCCCCCOc1ccccc1CC=O. The second kappa shape index (κ2) is 15.2. The molecule has 0 saturated heterocycles. The van der Waals surface area contributed by atoms with Crippen molar-refractivity contribution in [3.8, 4) is 5.75 Å². The zero-order valence-electron chi connectivity index (χ0n) is 15.6. The van der Waals surface area contributed by atoms with Crippen molar-refractivity contribution < 1.29 is 9.53 Å². The molecule has 1 aromatic carbocycles. The van der Waals surface area contributed by atoms with Gasteiger partial charge in [0.2, 0.25) is 0 Å². The summed E-state index contributed by atoms with van der Waals surface area (Å²) in [6.45, 7) is 3.03. The van der Waals surface area contributed by atoms with Gasteiger partial charge in [0.05, 0.1) is 6.61 Å². The highest BCUT2D eigenvalue weighted by molar-refractivity contribution is 5.57. The molecule has 0 aromatic heterocycles. The zero-order valence-corrected chi connectivity index (χ0v) is 15.6. The topological polar surface area (TPSA) is 26.3 Å². The molecule has 0 aliphatic carbocycles. The number of benzene rings is 1. The van der Waals surface area contributed by atoms with Crippen molar-refractivity contribution in [2.24, 2.45) is 0 Å². The highest BCUT2D eigenvalue weighted by atomic mass is 16.5.